The van der Waals surface area contributed by atoms with Crippen LogP contribution in [0.1, 0.15) is 38.5 Å². The van der Waals surface area contributed by atoms with Gasteiger partial charge in [0.15, 0.2) is 0 Å². The van der Waals surface area contributed by atoms with Crippen LogP contribution in [-0.4, -0.2) is 31.8 Å². The van der Waals surface area contributed by atoms with Gasteiger partial charge >= 0.3 is 0 Å². The van der Waals surface area contributed by atoms with Crippen molar-refractivity contribution in [1.29, 1.82) is 0 Å². The highest BCUT2D eigenvalue weighted by molar-refractivity contribution is 4.49. The Morgan fingerprint density at radius 1 is 0.833 bits per heavy atom. The van der Waals surface area contributed by atoms with E-state index in [4.69, 9.17) is 0 Å². The molecule has 0 aromatic heterocycles. The van der Waals surface area contributed by atoms with Crippen LogP contribution in [0.4, 0.5) is 0 Å². The summed E-state index contributed by atoms with van der Waals surface area (Å²) in [5.74, 6) is 0. The average molecular weight is 171 g/mol. The maximum Gasteiger partial charge on any atom is 0.0959 e. The standard InChI is InChI=1S/C10H23N2/c1-11-12(2)9-7-5-3-4-6-8-10-12/h11H,3-10H2,1-2H3/q+1. The predicted octanol–water partition coefficient (Wildman–Crippen LogP) is 1.92. The van der Waals surface area contributed by atoms with Gasteiger partial charge in [0.2, 0.25) is 0 Å². The molecule has 1 aliphatic rings. The molecular weight excluding hydrogens is 148 g/mol. The van der Waals surface area contributed by atoms with Gasteiger partial charge in [0.05, 0.1) is 20.1 Å². The maximum absolute atomic E-state index is 3.41. The van der Waals surface area contributed by atoms with Crippen LogP contribution in [0.5, 0.6) is 0 Å². The van der Waals surface area contributed by atoms with Crippen molar-refractivity contribution in [2.24, 2.45) is 0 Å². The smallest absolute Gasteiger partial charge is 0.0959 e. The SMILES string of the molecule is CN[N+]1(C)CCCCCCCC1. The fourth-order valence-corrected chi connectivity index (χ4v) is 1.96. The van der Waals surface area contributed by atoms with Crippen molar-refractivity contribution in [3.05, 3.63) is 0 Å². The van der Waals surface area contributed by atoms with Crippen LogP contribution >= 0.6 is 0 Å². The van der Waals surface area contributed by atoms with Crippen LogP contribution in [0.3, 0.4) is 0 Å². The monoisotopic (exact) mass is 171 g/mol. The summed E-state index contributed by atoms with van der Waals surface area (Å²) in [4.78, 5) is 0. The number of rotatable bonds is 1. The number of hydrogen-bond acceptors (Lipinski definition) is 1. The predicted molar refractivity (Wildman–Crippen MR) is 52.7 cm³/mol. The van der Waals surface area contributed by atoms with Gasteiger partial charge < -0.3 is 0 Å². The van der Waals surface area contributed by atoms with Gasteiger partial charge in [-0.05, 0) is 25.7 Å². The Morgan fingerprint density at radius 3 is 1.67 bits per heavy atom. The summed E-state index contributed by atoms with van der Waals surface area (Å²) in [5.41, 5.74) is 3.41. The van der Waals surface area contributed by atoms with Crippen LogP contribution in [0.25, 0.3) is 0 Å². The molecule has 2 nitrogen and oxygen atoms in total. The molecular formula is C10H23N2+. The summed E-state index contributed by atoms with van der Waals surface area (Å²) in [7, 11) is 4.39. The summed E-state index contributed by atoms with van der Waals surface area (Å²) in [6.45, 7) is 2.60. The zero-order valence-electron chi connectivity index (χ0n) is 8.60. The minimum Gasteiger partial charge on any atom is -0.248 e. The molecule has 0 atom stereocenters. The molecule has 1 saturated heterocycles. The van der Waals surface area contributed by atoms with E-state index in [0.717, 1.165) is 4.59 Å². The zero-order chi connectivity index (χ0) is 8.86. The van der Waals surface area contributed by atoms with Gasteiger partial charge in [-0.15, -0.1) is 0 Å². The molecule has 0 spiro atoms. The molecule has 0 aromatic rings. The quantitative estimate of drug-likeness (QED) is 0.594. The van der Waals surface area contributed by atoms with Crippen molar-refractivity contribution >= 4 is 0 Å². The second-order valence-corrected chi connectivity index (χ2v) is 4.19. The molecule has 0 aliphatic carbocycles. The highest BCUT2D eigenvalue weighted by atomic mass is 15.6. The van der Waals surface area contributed by atoms with Crippen molar-refractivity contribution in [2.75, 3.05) is 27.2 Å². The number of quaternary nitrogens is 1. The van der Waals surface area contributed by atoms with Crippen molar-refractivity contribution in [3.63, 3.8) is 0 Å². The van der Waals surface area contributed by atoms with E-state index >= 15 is 0 Å². The van der Waals surface area contributed by atoms with Gasteiger partial charge in [-0.2, -0.15) is 5.43 Å². The third-order valence-corrected chi connectivity index (χ3v) is 3.09. The van der Waals surface area contributed by atoms with Crippen molar-refractivity contribution in [2.45, 2.75) is 38.5 Å². The van der Waals surface area contributed by atoms with Crippen molar-refractivity contribution < 1.29 is 4.59 Å². The molecule has 12 heavy (non-hydrogen) atoms. The van der Waals surface area contributed by atoms with Crippen molar-refractivity contribution in [3.8, 4) is 0 Å². The van der Waals surface area contributed by atoms with Crippen molar-refractivity contribution in [1.82, 2.24) is 5.43 Å². The molecule has 1 fully saturated rings. The summed E-state index contributed by atoms with van der Waals surface area (Å²) >= 11 is 0. The molecule has 0 saturated carbocycles. The van der Waals surface area contributed by atoms with E-state index < -0.39 is 0 Å². The molecule has 0 radical (unpaired) electrons. The molecule has 2 heteroatoms. The zero-order valence-corrected chi connectivity index (χ0v) is 8.60. The highest BCUT2D eigenvalue weighted by Gasteiger charge is 2.19. The fourth-order valence-electron chi connectivity index (χ4n) is 1.96. The average Bonchev–Trinajstić information content (AvgIpc) is 2.18. The topological polar surface area (TPSA) is 12.0 Å². The molecule has 1 heterocycles. The van der Waals surface area contributed by atoms with E-state index in [0.29, 0.717) is 0 Å². The van der Waals surface area contributed by atoms with E-state index in [1.807, 2.05) is 0 Å². The Bertz CT molecular complexity index is 113. The van der Waals surface area contributed by atoms with Gasteiger partial charge in [-0.3, -0.25) is 0 Å². The number of nitrogens with one attached hydrogen (secondary N) is 1. The summed E-state index contributed by atoms with van der Waals surface area (Å²) in [5, 5.41) is 0. The van der Waals surface area contributed by atoms with E-state index in [-0.39, 0.29) is 0 Å². The van der Waals surface area contributed by atoms with Crippen LogP contribution in [0.15, 0.2) is 0 Å². The van der Waals surface area contributed by atoms with Crippen LogP contribution in [0.2, 0.25) is 0 Å². The summed E-state index contributed by atoms with van der Waals surface area (Å²) < 4.78 is 1.07. The van der Waals surface area contributed by atoms with Gasteiger partial charge in [-0.1, -0.05) is 12.8 Å². The normalized spacial score (nSPS) is 25.5. The summed E-state index contributed by atoms with van der Waals surface area (Å²) in [6, 6.07) is 0. The van der Waals surface area contributed by atoms with E-state index in [2.05, 4.69) is 19.5 Å². The first-order valence-electron chi connectivity index (χ1n) is 5.30. The first kappa shape index (κ1) is 10.0. The highest BCUT2D eigenvalue weighted by Crippen LogP contribution is 2.13. The lowest BCUT2D eigenvalue weighted by Gasteiger charge is -2.32. The lowest BCUT2D eigenvalue weighted by molar-refractivity contribution is -0.950. The van der Waals surface area contributed by atoms with Crippen LogP contribution in [-0.2, 0) is 0 Å². The Hall–Kier alpha value is -0.0800. The molecule has 0 unspecified atom stereocenters. The number of hydrogen-bond donors (Lipinski definition) is 1. The molecule has 1 rings (SSSR count). The maximum atomic E-state index is 3.41. The Kier molecular flexibility index (Phi) is 4.02. The Balaban J connectivity index is 2.38. The van der Waals surface area contributed by atoms with E-state index in [1.165, 1.54) is 51.6 Å². The second kappa shape index (κ2) is 4.83. The second-order valence-electron chi connectivity index (χ2n) is 4.19. The minimum absolute atomic E-state index is 1.07. The van der Waals surface area contributed by atoms with Gasteiger partial charge in [-0.25, -0.2) is 4.59 Å². The molecule has 72 valence electrons. The largest absolute Gasteiger partial charge is 0.248 e. The van der Waals surface area contributed by atoms with Gasteiger partial charge in [0.1, 0.15) is 0 Å². The minimum atomic E-state index is 1.07. The molecule has 0 aromatic carbocycles. The van der Waals surface area contributed by atoms with Crippen LogP contribution in [0, 0.1) is 0 Å². The van der Waals surface area contributed by atoms with Gasteiger partial charge in [0.25, 0.3) is 0 Å². The molecule has 0 bridgehead atoms. The summed E-state index contributed by atoms with van der Waals surface area (Å²) in [6.07, 6.45) is 8.52. The molecule has 0 amide bonds. The molecule has 1 N–H and O–H groups in total. The van der Waals surface area contributed by atoms with Crippen LogP contribution < -0.4 is 5.43 Å². The third-order valence-electron chi connectivity index (χ3n) is 3.09. The lowest BCUT2D eigenvalue weighted by Crippen LogP contribution is -2.54. The Labute approximate surface area is 76.5 Å². The first-order valence-corrected chi connectivity index (χ1v) is 5.30. The van der Waals surface area contributed by atoms with E-state index in [1.54, 1.807) is 0 Å². The number of nitrogens with zero attached hydrogens (tertiary/aromatic N) is 1. The van der Waals surface area contributed by atoms with Gasteiger partial charge in [0, 0.05) is 7.05 Å². The first-order chi connectivity index (χ1) is 5.77. The third kappa shape index (κ3) is 3.11. The van der Waals surface area contributed by atoms with E-state index in [9.17, 15) is 0 Å². The fraction of sp³-hybridized carbons (Fsp3) is 1.00. The molecule has 1 aliphatic heterocycles. The Morgan fingerprint density at radius 2 is 1.25 bits per heavy atom. The lowest BCUT2D eigenvalue weighted by atomic mass is 10.1.